The number of benzene rings is 2. The molecule has 1 aliphatic heterocycles. The molecular formula is C22H26N2O3. The number of ether oxygens (including phenoxy) is 1. The van der Waals surface area contributed by atoms with Crippen LogP contribution in [0, 0.1) is 0 Å². The molecule has 0 bridgehead atoms. The first-order valence-corrected chi connectivity index (χ1v) is 9.71. The minimum atomic E-state index is -0.167. The summed E-state index contributed by atoms with van der Waals surface area (Å²) in [5.74, 6) is 0.635. The predicted molar refractivity (Wildman–Crippen MR) is 108 cm³/mol. The lowest BCUT2D eigenvalue weighted by atomic mass is 10.1. The van der Waals surface area contributed by atoms with E-state index < -0.39 is 0 Å². The number of hydrogen-bond acceptors (Lipinski definition) is 4. The van der Waals surface area contributed by atoms with E-state index in [0.717, 1.165) is 47.9 Å². The molecule has 27 heavy (non-hydrogen) atoms. The maximum absolute atomic E-state index is 12.9. The molecule has 2 aromatic carbocycles. The maximum atomic E-state index is 12.9. The van der Waals surface area contributed by atoms with Gasteiger partial charge in [0.2, 0.25) is 5.91 Å². The van der Waals surface area contributed by atoms with Gasteiger partial charge in [-0.05, 0) is 45.0 Å². The number of rotatable bonds is 4. The maximum Gasteiger partial charge on any atom is 0.241 e. The number of methoxy groups -OCH3 is 1. The number of carbonyl (C=O) groups excluding carboxylic acids is 1. The Labute approximate surface area is 159 Å². The molecule has 5 heteroatoms. The van der Waals surface area contributed by atoms with Crippen molar-refractivity contribution in [3.05, 3.63) is 36.4 Å². The van der Waals surface area contributed by atoms with Gasteiger partial charge in [0.15, 0.2) is 0 Å². The zero-order valence-electron chi connectivity index (χ0n) is 16.0. The standard InChI is InChI=1S/C22H26N2O3/c1-15(24-11-7-3-4-8-12-24)22(25)23-18-14-20-17(13-21(18)26-2)16-9-5-6-10-19(16)27-20/h5-6,9-10,13-15H,3-4,7-8,11-12H2,1-2H3,(H,23,25)/t15-/m0/s1. The average molecular weight is 366 g/mol. The lowest BCUT2D eigenvalue weighted by Crippen LogP contribution is -2.42. The first-order chi connectivity index (χ1) is 13.2. The summed E-state index contributed by atoms with van der Waals surface area (Å²) in [6.07, 6.45) is 4.82. The predicted octanol–water partition coefficient (Wildman–Crippen LogP) is 4.80. The Morgan fingerprint density at radius 3 is 2.56 bits per heavy atom. The van der Waals surface area contributed by atoms with Crippen molar-refractivity contribution in [2.75, 3.05) is 25.5 Å². The third kappa shape index (κ3) is 3.52. The van der Waals surface area contributed by atoms with Gasteiger partial charge in [-0.1, -0.05) is 31.0 Å². The normalized spacial score (nSPS) is 17.0. The highest BCUT2D eigenvalue weighted by Gasteiger charge is 2.23. The summed E-state index contributed by atoms with van der Waals surface area (Å²) in [4.78, 5) is 15.1. The molecule has 1 amide bonds. The molecule has 142 valence electrons. The second kappa shape index (κ2) is 7.61. The van der Waals surface area contributed by atoms with E-state index in [-0.39, 0.29) is 11.9 Å². The Kier molecular flexibility index (Phi) is 5.03. The molecule has 5 nitrogen and oxygen atoms in total. The molecule has 0 spiro atoms. The molecule has 3 aromatic rings. The molecule has 4 rings (SSSR count). The average Bonchev–Trinajstić information content (AvgIpc) is 2.85. The molecule has 1 atom stereocenters. The summed E-state index contributed by atoms with van der Waals surface area (Å²) in [6.45, 7) is 3.94. The Bertz CT molecular complexity index is 955. The SMILES string of the molecule is COc1cc2c(cc1NC(=O)[C@H](C)N1CCCCCC1)oc1ccccc12. The summed E-state index contributed by atoms with van der Waals surface area (Å²) in [5, 5.41) is 5.08. The molecule has 1 saturated heterocycles. The molecule has 0 aliphatic carbocycles. The summed E-state index contributed by atoms with van der Waals surface area (Å²) in [5.41, 5.74) is 2.22. The van der Waals surface area contributed by atoms with Crippen molar-refractivity contribution in [2.24, 2.45) is 0 Å². The number of nitrogens with one attached hydrogen (secondary N) is 1. The van der Waals surface area contributed by atoms with E-state index in [9.17, 15) is 4.79 Å². The van der Waals surface area contributed by atoms with Crippen LogP contribution in [0.25, 0.3) is 21.9 Å². The van der Waals surface area contributed by atoms with Crippen LogP contribution < -0.4 is 10.1 Å². The highest BCUT2D eigenvalue weighted by molar-refractivity contribution is 6.08. The number of fused-ring (bicyclic) bond motifs is 3. The highest BCUT2D eigenvalue weighted by Crippen LogP contribution is 2.36. The first kappa shape index (κ1) is 17.9. The van der Waals surface area contributed by atoms with E-state index in [4.69, 9.17) is 9.15 Å². The minimum Gasteiger partial charge on any atom is -0.495 e. The van der Waals surface area contributed by atoms with Crippen LogP contribution in [0.1, 0.15) is 32.6 Å². The second-order valence-electron chi connectivity index (χ2n) is 7.26. The van der Waals surface area contributed by atoms with E-state index in [0.29, 0.717) is 11.4 Å². The van der Waals surface area contributed by atoms with Crippen LogP contribution in [0.5, 0.6) is 5.75 Å². The third-order valence-electron chi connectivity index (χ3n) is 5.52. The van der Waals surface area contributed by atoms with Gasteiger partial charge in [0, 0.05) is 16.8 Å². The van der Waals surface area contributed by atoms with Gasteiger partial charge in [-0.3, -0.25) is 9.69 Å². The summed E-state index contributed by atoms with van der Waals surface area (Å²) < 4.78 is 11.5. The Morgan fingerprint density at radius 2 is 1.81 bits per heavy atom. The zero-order valence-corrected chi connectivity index (χ0v) is 16.0. The van der Waals surface area contributed by atoms with Crippen LogP contribution in [0.2, 0.25) is 0 Å². The van der Waals surface area contributed by atoms with Crippen molar-refractivity contribution < 1.29 is 13.9 Å². The van der Waals surface area contributed by atoms with Gasteiger partial charge >= 0.3 is 0 Å². The van der Waals surface area contributed by atoms with Crippen molar-refractivity contribution >= 4 is 33.5 Å². The van der Waals surface area contributed by atoms with E-state index in [1.807, 2.05) is 43.3 Å². The van der Waals surface area contributed by atoms with Crippen LogP contribution in [0.4, 0.5) is 5.69 Å². The van der Waals surface area contributed by atoms with Gasteiger partial charge < -0.3 is 14.5 Å². The smallest absolute Gasteiger partial charge is 0.241 e. The van der Waals surface area contributed by atoms with Crippen molar-refractivity contribution in [1.82, 2.24) is 4.90 Å². The summed E-state index contributed by atoms with van der Waals surface area (Å²) >= 11 is 0. The number of amides is 1. The van der Waals surface area contributed by atoms with E-state index in [1.165, 1.54) is 12.8 Å². The number of nitrogens with zero attached hydrogens (tertiary/aromatic N) is 1. The number of carbonyl (C=O) groups is 1. The van der Waals surface area contributed by atoms with Crippen LogP contribution in [-0.2, 0) is 4.79 Å². The fraction of sp³-hybridized carbons (Fsp3) is 0.409. The molecule has 1 aliphatic rings. The fourth-order valence-electron chi connectivity index (χ4n) is 3.90. The number of anilines is 1. The lowest BCUT2D eigenvalue weighted by Gasteiger charge is -2.26. The van der Waals surface area contributed by atoms with Crippen molar-refractivity contribution in [1.29, 1.82) is 0 Å². The lowest BCUT2D eigenvalue weighted by molar-refractivity contribution is -0.120. The van der Waals surface area contributed by atoms with E-state index in [1.54, 1.807) is 7.11 Å². The third-order valence-corrected chi connectivity index (χ3v) is 5.52. The topological polar surface area (TPSA) is 54.7 Å². The summed E-state index contributed by atoms with van der Waals surface area (Å²) in [7, 11) is 1.62. The molecule has 1 fully saturated rings. The van der Waals surface area contributed by atoms with Crippen LogP contribution >= 0.6 is 0 Å². The van der Waals surface area contributed by atoms with Crippen LogP contribution in [0.3, 0.4) is 0 Å². The van der Waals surface area contributed by atoms with Crippen molar-refractivity contribution in [3.8, 4) is 5.75 Å². The second-order valence-corrected chi connectivity index (χ2v) is 7.26. The number of hydrogen-bond donors (Lipinski definition) is 1. The largest absolute Gasteiger partial charge is 0.495 e. The quantitative estimate of drug-likeness (QED) is 0.721. The van der Waals surface area contributed by atoms with E-state index >= 15 is 0 Å². The summed E-state index contributed by atoms with van der Waals surface area (Å²) in [6, 6.07) is 11.5. The van der Waals surface area contributed by atoms with Crippen molar-refractivity contribution in [3.63, 3.8) is 0 Å². The number of para-hydroxylation sites is 1. The molecule has 1 aromatic heterocycles. The molecular weight excluding hydrogens is 340 g/mol. The Balaban J connectivity index is 1.62. The number of likely N-dealkylation sites (tertiary alicyclic amines) is 1. The Hall–Kier alpha value is -2.53. The van der Waals surface area contributed by atoms with Gasteiger partial charge in [0.05, 0.1) is 18.8 Å². The number of furan rings is 1. The fourth-order valence-corrected chi connectivity index (χ4v) is 3.90. The van der Waals surface area contributed by atoms with Crippen LogP contribution in [0.15, 0.2) is 40.8 Å². The Morgan fingerprint density at radius 1 is 1.07 bits per heavy atom. The zero-order chi connectivity index (χ0) is 18.8. The van der Waals surface area contributed by atoms with Gasteiger partial charge in [0.1, 0.15) is 16.9 Å². The van der Waals surface area contributed by atoms with Gasteiger partial charge in [-0.15, -0.1) is 0 Å². The molecule has 2 heterocycles. The molecule has 0 unspecified atom stereocenters. The van der Waals surface area contributed by atoms with Gasteiger partial charge in [-0.25, -0.2) is 0 Å². The van der Waals surface area contributed by atoms with Gasteiger partial charge in [-0.2, -0.15) is 0 Å². The monoisotopic (exact) mass is 366 g/mol. The molecule has 0 saturated carbocycles. The van der Waals surface area contributed by atoms with Crippen molar-refractivity contribution in [2.45, 2.75) is 38.6 Å². The first-order valence-electron chi connectivity index (χ1n) is 9.71. The van der Waals surface area contributed by atoms with E-state index in [2.05, 4.69) is 10.2 Å². The molecule has 0 radical (unpaired) electrons. The molecule has 1 N–H and O–H groups in total. The van der Waals surface area contributed by atoms with Gasteiger partial charge in [0.25, 0.3) is 0 Å². The minimum absolute atomic E-state index is 0.00865. The van der Waals surface area contributed by atoms with Crippen LogP contribution in [-0.4, -0.2) is 37.0 Å². The highest BCUT2D eigenvalue weighted by atomic mass is 16.5.